The van der Waals surface area contributed by atoms with Crippen LogP contribution >= 0.6 is 0 Å². The molecular formula is C29H25FN2O4. The van der Waals surface area contributed by atoms with Crippen LogP contribution < -0.4 is 19.6 Å². The Bertz CT molecular complexity index is 1320. The summed E-state index contributed by atoms with van der Waals surface area (Å²) in [4.78, 5) is 12.6. The highest BCUT2D eigenvalue weighted by Crippen LogP contribution is 2.29. The Labute approximate surface area is 209 Å². The van der Waals surface area contributed by atoms with Crippen LogP contribution in [-0.4, -0.2) is 19.2 Å². The maximum absolute atomic E-state index is 13.0. The van der Waals surface area contributed by atoms with E-state index in [1.54, 1.807) is 36.4 Å². The number of hydrazone groups is 1. The highest BCUT2D eigenvalue weighted by atomic mass is 19.1. The molecular weight excluding hydrogens is 459 g/mol. The van der Waals surface area contributed by atoms with Crippen LogP contribution in [0.5, 0.6) is 17.2 Å². The maximum atomic E-state index is 13.0. The second-order valence-corrected chi connectivity index (χ2v) is 7.83. The number of amides is 1. The monoisotopic (exact) mass is 484 g/mol. The van der Waals surface area contributed by atoms with Gasteiger partial charge in [0.05, 0.1) is 13.3 Å². The van der Waals surface area contributed by atoms with E-state index in [2.05, 4.69) is 10.5 Å². The number of ether oxygens (including phenoxy) is 3. The van der Waals surface area contributed by atoms with Crippen LogP contribution in [0.2, 0.25) is 0 Å². The predicted molar refractivity (Wildman–Crippen MR) is 136 cm³/mol. The van der Waals surface area contributed by atoms with Gasteiger partial charge in [0.15, 0.2) is 11.5 Å². The number of hydrogen-bond donors (Lipinski definition) is 1. The molecule has 0 fully saturated rings. The zero-order valence-electron chi connectivity index (χ0n) is 19.7. The average Bonchev–Trinajstić information content (AvgIpc) is 2.92. The van der Waals surface area contributed by atoms with E-state index >= 15 is 0 Å². The first-order valence-electron chi connectivity index (χ1n) is 11.3. The van der Waals surface area contributed by atoms with Gasteiger partial charge >= 0.3 is 0 Å². The summed E-state index contributed by atoms with van der Waals surface area (Å²) in [6.45, 7) is 0.699. The van der Waals surface area contributed by atoms with E-state index in [4.69, 9.17) is 14.2 Å². The van der Waals surface area contributed by atoms with Crippen molar-refractivity contribution in [1.29, 1.82) is 0 Å². The van der Waals surface area contributed by atoms with Crippen LogP contribution in [0.3, 0.4) is 0 Å². The molecule has 0 unspecified atom stereocenters. The van der Waals surface area contributed by atoms with Crippen LogP contribution in [0.1, 0.15) is 27.0 Å². The number of carbonyl (C=O) groups excluding carboxylic acids is 1. The smallest absolute Gasteiger partial charge is 0.271 e. The van der Waals surface area contributed by atoms with Crippen molar-refractivity contribution < 1.29 is 23.4 Å². The molecule has 0 aliphatic carbocycles. The lowest BCUT2D eigenvalue weighted by atomic mass is 10.2. The molecule has 1 amide bonds. The second-order valence-electron chi connectivity index (χ2n) is 7.83. The molecule has 0 atom stereocenters. The summed E-state index contributed by atoms with van der Waals surface area (Å²) in [5, 5.41) is 4.05. The lowest BCUT2D eigenvalue weighted by Gasteiger charge is -2.12. The summed E-state index contributed by atoms with van der Waals surface area (Å²) >= 11 is 0. The van der Waals surface area contributed by atoms with Gasteiger partial charge in [-0.15, -0.1) is 0 Å². The van der Waals surface area contributed by atoms with E-state index in [0.29, 0.717) is 36.0 Å². The Hall–Kier alpha value is -4.65. The number of halogens is 1. The van der Waals surface area contributed by atoms with Gasteiger partial charge in [-0.1, -0.05) is 54.6 Å². The van der Waals surface area contributed by atoms with Gasteiger partial charge in [0.1, 0.15) is 24.8 Å². The van der Waals surface area contributed by atoms with Crippen LogP contribution in [0.15, 0.2) is 102 Å². The summed E-state index contributed by atoms with van der Waals surface area (Å²) in [5.41, 5.74) is 5.53. The number of nitrogens with zero attached hydrogens (tertiary/aromatic N) is 1. The van der Waals surface area contributed by atoms with E-state index in [1.807, 2.05) is 48.5 Å². The number of benzene rings is 4. The molecule has 0 bridgehead atoms. The normalized spacial score (nSPS) is 10.7. The summed E-state index contributed by atoms with van der Waals surface area (Å²) in [6.07, 6.45) is 1.53. The zero-order chi connectivity index (χ0) is 25.2. The summed E-state index contributed by atoms with van der Waals surface area (Å²) in [5.74, 6) is 0.950. The highest BCUT2D eigenvalue weighted by molar-refractivity contribution is 5.95. The van der Waals surface area contributed by atoms with E-state index < -0.39 is 0 Å². The molecule has 1 N–H and O–H groups in total. The quantitative estimate of drug-likeness (QED) is 0.230. The lowest BCUT2D eigenvalue weighted by Crippen LogP contribution is -2.17. The van der Waals surface area contributed by atoms with Crippen LogP contribution in [0.4, 0.5) is 4.39 Å². The van der Waals surface area contributed by atoms with Crippen molar-refractivity contribution in [3.05, 3.63) is 125 Å². The van der Waals surface area contributed by atoms with Crippen molar-refractivity contribution in [2.45, 2.75) is 13.2 Å². The van der Waals surface area contributed by atoms with Gasteiger partial charge in [-0.3, -0.25) is 4.79 Å². The fourth-order valence-electron chi connectivity index (χ4n) is 3.33. The first kappa shape index (κ1) is 24.5. The van der Waals surface area contributed by atoms with E-state index in [9.17, 15) is 9.18 Å². The topological polar surface area (TPSA) is 69.2 Å². The van der Waals surface area contributed by atoms with E-state index in [1.165, 1.54) is 25.5 Å². The number of carbonyl (C=O) groups is 1. The van der Waals surface area contributed by atoms with Crippen molar-refractivity contribution in [2.75, 3.05) is 7.11 Å². The Morgan fingerprint density at radius 3 is 2.36 bits per heavy atom. The van der Waals surface area contributed by atoms with Crippen molar-refractivity contribution in [3.8, 4) is 17.2 Å². The van der Waals surface area contributed by atoms with Crippen molar-refractivity contribution >= 4 is 12.1 Å². The van der Waals surface area contributed by atoms with Crippen LogP contribution in [-0.2, 0) is 13.2 Å². The van der Waals surface area contributed by atoms with Crippen molar-refractivity contribution in [3.63, 3.8) is 0 Å². The van der Waals surface area contributed by atoms with Gasteiger partial charge < -0.3 is 14.2 Å². The second kappa shape index (κ2) is 12.2. The predicted octanol–water partition coefficient (Wildman–Crippen LogP) is 5.76. The van der Waals surface area contributed by atoms with Crippen LogP contribution in [0, 0.1) is 5.82 Å². The number of methoxy groups -OCH3 is 1. The third-order valence-electron chi connectivity index (χ3n) is 5.22. The van der Waals surface area contributed by atoms with E-state index in [0.717, 1.165) is 16.7 Å². The van der Waals surface area contributed by atoms with Crippen molar-refractivity contribution in [2.24, 2.45) is 5.10 Å². The molecule has 0 saturated carbocycles. The first-order valence-corrected chi connectivity index (χ1v) is 11.3. The fourth-order valence-corrected chi connectivity index (χ4v) is 3.33. The fraction of sp³-hybridized carbons (Fsp3) is 0.103. The van der Waals surface area contributed by atoms with Gasteiger partial charge in [0.2, 0.25) is 0 Å². The standard InChI is InChI=1S/C29H25FN2O4/c1-34-28-17-24(12-15-27(28)36-20-21-6-3-2-4-7-21)29(33)32-31-18-23-8-5-9-26(16-23)35-19-22-10-13-25(30)14-11-22/h2-18H,19-20H2,1H3,(H,32,33)/b31-18+. The molecule has 0 aromatic heterocycles. The van der Waals surface area contributed by atoms with E-state index in [-0.39, 0.29) is 11.7 Å². The minimum atomic E-state index is -0.386. The Morgan fingerprint density at radius 1 is 0.833 bits per heavy atom. The molecule has 6 nitrogen and oxygen atoms in total. The Kier molecular flexibility index (Phi) is 8.27. The third kappa shape index (κ3) is 6.93. The zero-order valence-corrected chi connectivity index (χ0v) is 19.7. The number of hydrogen-bond acceptors (Lipinski definition) is 5. The molecule has 0 saturated heterocycles. The molecule has 0 aliphatic rings. The number of rotatable bonds is 10. The minimum absolute atomic E-state index is 0.287. The molecule has 182 valence electrons. The van der Waals surface area contributed by atoms with Gasteiger partial charge in [0.25, 0.3) is 5.91 Å². The lowest BCUT2D eigenvalue weighted by molar-refractivity contribution is 0.0954. The van der Waals surface area contributed by atoms with Crippen LogP contribution in [0.25, 0.3) is 0 Å². The summed E-state index contributed by atoms with van der Waals surface area (Å²) in [7, 11) is 1.52. The van der Waals surface area contributed by atoms with Gasteiger partial charge in [-0.05, 0) is 59.2 Å². The minimum Gasteiger partial charge on any atom is -0.493 e. The first-order chi connectivity index (χ1) is 17.6. The average molecular weight is 485 g/mol. The SMILES string of the molecule is COc1cc(C(=O)N/N=C/c2cccc(OCc3ccc(F)cc3)c2)ccc1OCc1ccccc1. The highest BCUT2D eigenvalue weighted by Gasteiger charge is 2.11. The summed E-state index contributed by atoms with van der Waals surface area (Å²) < 4.78 is 30.0. The largest absolute Gasteiger partial charge is 0.493 e. The molecule has 7 heteroatoms. The third-order valence-corrected chi connectivity index (χ3v) is 5.22. The van der Waals surface area contributed by atoms with Gasteiger partial charge in [-0.2, -0.15) is 5.10 Å². The summed E-state index contributed by atoms with van der Waals surface area (Å²) in [6, 6.07) is 28.1. The molecule has 4 aromatic rings. The Balaban J connectivity index is 1.32. The maximum Gasteiger partial charge on any atom is 0.271 e. The Morgan fingerprint density at radius 2 is 1.58 bits per heavy atom. The molecule has 0 heterocycles. The van der Waals surface area contributed by atoms with Gasteiger partial charge in [-0.25, -0.2) is 9.82 Å². The molecule has 36 heavy (non-hydrogen) atoms. The molecule has 0 aliphatic heterocycles. The number of nitrogens with one attached hydrogen (secondary N) is 1. The molecule has 4 aromatic carbocycles. The van der Waals surface area contributed by atoms with Crippen molar-refractivity contribution in [1.82, 2.24) is 5.43 Å². The molecule has 0 radical (unpaired) electrons. The molecule has 0 spiro atoms. The molecule has 4 rings (SSSR count). The van der Waals surface area contributed by atoms with Gasteiger partial charge in [0, 0.05) is 5.56 Å².